The summed E-state index contributed by atoms with van der Waals surface area (Å²) in [7, 11) is 0. The molecule has 0 radical (unpaired) electrons. The molecule has 1 atom stereocenters. The van der Waals surface area contributed by atoms with Gasteiger partial charge in [-0.2, -0.15) is 0 Å². The second-order valence-corrected chi connectivity index (χ2v) is 5.77. The fourth-order valence-electron chi connectivity index (χ4n) is 2.36. The van der Waals surface area contributed by atoms with Crippen LogP contribution in [-0.4, -0.2) is 17.1 Å². The van der Waals surface area contributed by atoms with E-state index in [0.717, 1.165) is 36.6 Å². The maximum absolute atomic E-state index is 13.1. The molecule has 0 saturated carbocycles. The van der Waals surface area contributed by atoms with Gasteiger partial charge in [-0.1, -0.05) is 31.9 Å². The summed E-state index contributed by atoms with van der Waals surface area (Å²) in [6.45, 7) is 2.43. The highest BCUT2D eigenvalue weighted by molar-refractivity contribution is 5.73. The van der Waals surface area contributed by atoms with Crippen molar-refractivity contribution in [3.63, 3.8) is 0 Å². The lowest BCUT2D eigenvalue weighted by Gasteiger charge is -2.14. The molecular weight excluding hydrogens is 328 g/mol. The number of hydrogen-bond donors (Lipinski definition) is 2. The van der Waals surface area contributed by atoms with Crippen molar-refractivity contribution in [2.24, 2.45) is 0 Å². The molecule has 4 nitrogen and oxygen atoms in total. The molecule has 2 N–H and O–H groups in total. The lowest BCUT2D eigenvalue weighted by Crippen LogP contribution is -2.36. The first-order valence-corrected chi connectivity index (χ1v) is 8.17. The van der Waals surface area contributed by atoms with E-state index in [1.165, 1.54) is 0 Å². The number of unbranched alkanes of at least 4 members (excludes halogenated alkanes) is 1. The number of carboxylic acids is 1. The molecule has 2 rings (SSSR count). The largest absolute Gasteiger partial charge is 0.480 e. The van der Waals surface area contributed by atoms with Crippen molar-refractivity contribution in [3.05, 3.63) is 59.7 Å². The molecule has 0 heterocycles. The molecule has 0 aliphatic heterocycles. The standard InChI is InChI=1S/C19H21F2NO3/c1-2-3-4-18(19(23)24)22-12-13-5-7-16(8-6-13)25-17-10-14(20)9-15(21)11-17/h5-11,18,22H,2-4,12H2,1H3,(H,23,24). The van der Waals surface area contributed by atoms with Crippen molar-refractivity contribution in [1.29, 1.82) is 0 Å². The summed E-state index contributed by atoms with van der Waals surface area (Å²) in [5.41, 5.74) is 0.889. The number of carboxylic acid groups (broad SMARTS) is 1. The topological polar surface area (TPSA) is 58.6 Å². The van der Waals surface area contributed by atoms with Crippen LogP contribution < -0.4 is 10.1 Å². The minimum absolute atomic E-state index is 0.0777. The second-order valence-electron chi connectivity index (χ2n) is 5.77. The van der Waals surface area contributed by atoms with Gasteiger partial charge >= 0.3 is 5.97 Å². The van der Waals surface area contributed by atoms with Crippen LogP contribution >= 0.6 is 0 Å². The Hall–Kier alpha value is -2.47. The molecule has 0 spiro atoms. The van der Waals surface area contributed by atoms with E-state index in [1.54, 1.807) is 24.3 Å². The van der Waals surface area contributed by atoms with Gasteiger partial charge in [0.05, 0.1) is 0 Å². The number of benzene rings is 2. The molecule has 0 aliphatic rings. The van der Waals surface area contributed by atoms with Crippen LogP contribution in [0.4, 0.5) is 8.78 Å². The lowest BCUT2D eigenvalue weighted by molar-refractivity contribution is -0.139. The maximum atomic E-state index is 13.1. The van der Waals surface area contributed by atoms with Crippen LogP contribution in [0.25, 0.3) is 0 Å². The Morgan fingerprint density at radius 1 is 1.12 bits per heavy atom. The zero-order valence-corrected chi connectivity index (χ0v) is 14.0. The van der Waals surface area contributed by atoms with Gasteiger partial charge in [-0.05, 0) is 24.1 Å². The summed E-state index contributed by atoms with van der Waals surface area (Å²) in [5.74, 6) is -1.75. The number of hydrogen-bond acceptors (Lipinski definition) is 3. The highest BCUT2D eigenvalue weighted by Crippen LogP contribution is 2.23. The van der Waals surface area contributed by atoms with Crippen LogP contribution in [0.5, 0.6) is 11.5 Å². The Labute approximate surface area is 145 Å². The Balaban J connectivity index is 1.93. The molecule has 0 fully saturated rings. The third-order valence-corrected chi connectivity index (χ3v) is 3.69. The fourth-order valence-corrected chi connectivity index (χ4v) is 2.36. The minimum Gasteiger partial charge on any atom is -0.480 e. The maximum Gasteiger partial charge on any atom is 0.320 e. The van der Waals surface area contributed by atoms with Crippen molar-refractivity contribution in [2.45, 2.75) is 38.8 Å². The highest BCUT2D eigenvalue weighted by Gasteiger charge is 2.15. The van der Waals surface area contributed by atoms with Crippen molar-refractivity contribution < 1.29 is 23.4 Å². The predicted molar refractivity (Wildman–Crippen MR) is 90.7 cm³/mol. The molecule has 0 aliphatic carbocycles. The normalized spacial score (nSPS) is 12.0. The molecular formula is C19H21F2NO3. The van der Waals surface area contributed by atoms with Crippen LogP contribution in [0.1, 0.15) is 31.7 Å². The van der Waals surface area contributed by atoms with Crippen molar-refractivity contribution in [2.75, 3.05) is 0 Å². The van der Waals surface area contributed by atoms with E-state index in [9.17, 15) is 18.7 Å². The summed E-state index contributed by atoms with van der Waals surface area (Å²) >= 11 is 0. The van der Waals surface area contributed by atoms with Gasteiger partial charge in [0, 0.05) is 24.7 Å². The zero-order valence-electron chi connectivity index (χ0n) is 14.0. The third kappa shape index (κ3) is 6.15. The number of carbonyl (C=O) groups is 1. The lowest BCUT2D eigenvalue weighted by atomic mass is 10.1. The Morgan fingerprint density at radius 2 is 1.76 bits per heavy atom. The van der Waals surface area contributed by atoms with E-state index in [0.29, 0.717) is 18.7 Å². The Bertz CT molecular complexity index is 684. The Morgan fingerprint density at radius 3 is 2.32 bits per heavy atom. The van der Waals surface area contributed by atoms with Crippen LogP contribution in [0, 0.1) is 11.6 Å². The average molecular weight is 349 g/mol. The SMILES string of the molecule is CCCCC(NCc1ccc(Oc2cc(F)cc(F)c2)cc1)C(=O)O. The number of rotatable bonds is 9. The molecule has 0 saturated heterocycles. The third-order valence-electron chi connectivity index (χ3n) is 3.69. The van der Waals surface area contributed by atoms with E-state index >= 15 is 0 Å². The zero-order chi connectivity index (χ0) is 18.2. The van der Waals surface area contributed by atoms with E-state index in [-0.39, 0.29) is 5.75 Å². The van der Waals surface area contributed by atoms with Crippen LogP contribution in [0.15, 0.2) is 42.5 Å². The van der Waals surface area contributed by atoms with Crippen molar-refractivity contribution in [1.82, 2.24) is 5.32 Å². The number of aliphatic carboxylic acids is 1. The van der Waals surface area contributed by atoms with E-state index in [4.69, 9.17) is 4.74 Å². The van der Waals surface area contributed by atoms with Gasteiger partial charge in [0.15, 0.2) is 0 Å². The predicted octanol–water partition coefficient (Wildman–Crippen LogP) is 4.49. The first-order valence-electron chi connectivity index (χ1n) is 8.17. The van der Waals surface area contributed by atoms with Crippen LogP contribution in [0.2, 0.25) is 0 Å². The van der Waals surface area contributed by atoms with Crippen molar-refractivity contribution >= 4 is 5.97 Å². The minimum atomic E-state index is -0.860. The van der Waals surface area contributed by atoms with Crippen molar-refractivity contribution in [3.8, 4) is 11.5 Å². The number of nitrogens with one attached hydrogen (secondary N) is 1. The fraction of sp³-hybridized carbons (Fsp3) is 0.316. The van der Waals surface area contributed by atoms with E-state index in [1.807, 2.05) is 6.92 Å². The number of halogens is 2. The summed E-state index contributed by atoms with van der Waals surface area (Å²) in [5, 5.41) is 12.2. The first-order chi connectivity index (χ1) is 12.0. The van der Waals surface area contributed by atoms with Gasteiger partial charge in [0.25, 0.3) is 0 Å². The van der Waals surface area contributed by atoms with Gasteiger partial charge in [0.1, 0.15) is 29.2 Å². The monoisotopic (exact) mass is 349 g/mol. The van der Waals surface area contributed by atoms with E-state index < -0.39 is 23.6 Å². The molecule has 1 unspecified atom stereocenters. The molecule has 2 aromatic rings. The molecule has 2 aromatic carbocycles. The molecule has 0 bridgehead atoms. The van der Waals surface area contributed by atoms with Gasteiger partial charge in [-0.15, -0.1) is 0 Å². The second kappa shape index (κ2) is 9.13. The van der Waals surface area contributed by atoms with Gasteiger partial charge in [-0.3, -0.25) is 4.79 Å². The van der Waals surface area contributed by atoms with Crippen LogP contribution in [0.3, 0.4) is 0 Å². The van der Waals surface area contributed by atoms with E-state index in [2.05, 4.69) is 5.32 Å². The average Bonchev–Trinajstić information content (AvgIpc) is 2.55. The molecule has 6 heteroatoms. The van der Waals surface area contributed by atoms with Crippen LogP contribution in [-0.2, 0) is 11.3 Å². The summed E-state index contributed by atoms with van der Waals surface area (Å²) < 4.78 is 31.7. The van der Waals surface area contributed by atoms with Gasteiger partial charge in [-0.25, -0.2) is 8.78 Å². The van der Waals surface area contributed by atoms with Gasteiger partial charge < -0.3 is 15.2 Å². The quantitative estimate of drug-likeness (QED) is 0.700. The molecule has 134 valence electrons. The number of ether oxygens (including phenoxy) is 1. The van der Waals surface area contributed by atoms with Gasteiger partial charge in [0.2, 0.25) is 0 Å². The smallest absolute Gasteiger partial charge is 0.320 e. The Kier molecular flexibility index (Phi) is 6.89. The summed E-state index contributed by atoms with van der Waals surface area (Å²) in [6, 6.07) is 9.29. The summed E-state index contributed by atoms with van der Waals surface area (Å²) in [6.07, 6.45) is 2.37. The first kappa shape index (κ1) is 18.9. The summed E-state index contributed by atoms with van der Waals surface area (Å²) in [4.78, 5) is 11.2. The molecule has 25 heavy (non-hydrogen) atoms. The molecule has 0 aromatic heterocycles. The molecule has 0 amide bonds. The highest BCUT2D eigenvalue weighted by atomic mass is 19.1.